The lowest BCUT2D eigenvalue weighted by atomic mass is 9.77. The van der Waals surface area contributed by atoms with Gasteiger partial charge in [-0.15, -0.1) is 0 Å². The third kappa shape index (κ3) is 12.8. The quantitative estimate of drug-likeness (QED) is 0.0645. The molecule has 0 aliphatic carbocycles. The molecular weight excluding hydrogens is 969 g/mol. The number of hydrogen-bond donors (Lipinski definition) is 6. The van der Waals surface area contributed by atoms with Gasteiger partial charge in [0.2, 0.25) is 5.89 Å². The van der Waals surface area contributed by atoms with Crippen molar-refractivity contribution in [3.8, 4) is 22.6 Å². The number of cyclic esters (lactones) is 1. The van der Waals surface area contributed by atoms with Crippen molar-refractivity contribution in [2.45, 2.75) is 208 Å². The Balaban J connectivity index is 1.16. The fraction of sp³-hybridized carbons (Fsp3) is 0.714. The van der Waals surface area contributed by atoms with E-state index in [1.807, 2.05) is 71.0 Å². The van der Waals surface area contributed by atoms with Crippen molar-refractivity contribution < 1.29 is 63.2 Å². The molecule has 3 aromatic rings. The van der Waals surface area contributed by atoms with Crippen LogP contribution < -0.4 is 5.32 Å². The van der Waals surface area contributed by atoms with Crippen LogP contribution >= 0.6 is 11.8 Å². The second-order valence-corrected chi connectivity index (χ2v) is 23.7. The van der Waals surface area contributed by atoms with Gasteiger partial charge in [0.05, 0.1) is 48.1 Å². The predicted molar refractivity (Wildman–Crippen MR) is 281 cm³/mol. The number of carbonyl (C=O) groups excluding carboxylic acids is 1. The van der Waals surface area contributed by atoms with Gasteiger partial charge >= 0.3 is 5.97 Å². The molecule has 74 heavy (non-hydrogen) atoms. The first-order valence-electron chi connectivity index (χ1n) is 26.7. The van der Waals surface area contributed by atoms with Crippen molar-refractivity contribution in [1.29, 1.82) is 0 Å². The molecule has 4 aliphatic rings. The van der Waals surface area contributed by atoms with Gasteiger partial charge in [0.1, 0.15) is 35.7 Å². The highest BCUT2D eigenvalue weighted by Crippen LogP contribution is 2.48. The summed E-state index contributed by atoms with van der Waals surface area (Å²) in [7, 11) is 5.30. The van der Waals surface area contributed by atoms with Gasteiger partial charge in [-0.25, -0.2) is 4.98 Å². The monoisotopic (exact) mass is 1050 g/mol. The Bertz CT molecular complexity index is 2250. The van der Waals surface area contributed by atoms with E-state index in [2.05, 4.69) is 34.5 Å². The van der Waals surface area contributed by atoms with E-state index in [0.717, 1.165) is 32.4 Å². The molecule has 414 valence electrons. The summed E-state index contributed by atoms with van der Waals surface area (Å²) in [5.41, 5.74) is -1.76. The Morgan fingerprint density at radius 3 is 2.23 bits per heavy atom. The standard InChI is InChI=1S/C56H86N4O13S/c1-14-42-56(10,66)49(62)35(6)60(25-19-24-57-29-43-58-45-37-20-15-17-22-40(37)74-41-23-18-16-21-38(41)48(45)71-43)30-31(2)27-54(8,65)51(73-53-46(61)39(59(11)12)26-32(3)68-53)33(4)47(34(5)52(64)70-42)72-44-28-55(9,67-13)50(63)36(7)69-44/h15-18,20-23,31-36,39,42,44,46-47,49-51,53,57,61-63,65-66H,14,19,24-30H2,1-13H3/t31-,32-,33+,34-,35-,36-,39+,42-,44-,46-,47+,49-,50+,51-,53+,54-,55-,56-/m1/s1. The molecular formula is C56H86N4O13S. The third-order valence-electron chi connectivity index (χ3n) is 16.3. The first-order chi connectivity index (χ1) is 34.9. The Morgan fingerprint density at radius 1 is 0.905 bits per heavy atom. The van der Waals surface area contributed by atoms with Gasteiger partial charge in [-0.1, -0.05) is 68.9 Å². The molecule has 0 radical (unpaired) electrons. The number of hydrogen-bond acceptors (Lipinski definition) is 18. The number of methoxy groups -OCH3 is 1. The number of aliphatic hydroxyl groups is 5. The van der Waals surface area contributed by atoms with Crippen LogP contribution in [0.25, 0.3) is 22.6 Å². The second kappa shape index (κ2) is 24.3. The molecule has 4 aliphatic heterocycles. The van der Waals surface area contributed by atoms with Gasteiger partial charge < -0.3 is 68.6 Å². The normalized spacial score (nSPS) is 38.7. The van der Waals surface area contributed by atoms with Crippen LogP contribution in [0.3, 0.4) is 0 Å². The predicted octanol–water partition coefficient (Wildman–Crippen LogP) is 6.24. The topological polar surface area (TPSA) is 218 Å². The lowest BCUT2D eigenvalue weighted by Gasteiger charge is -2.48. The SMILES string of the molecule is CC[C@H]1OC(=O)[C@H](C)[C@@H](O[C@@H]2C[C@@](C)(OC)[C@@H](O)[C@@H](C)O2)[C@H](C)[C@@H](O[C@@H]2O[C@H](C)C[C@H](N(C)C)[C@H]2O)[C@](C)(O)C[C@@H](C)CN(CCCNCc2nc3c(o2)-c2ccccc2Sc2ccccc2-3)[C@H](C)[C@@H](O)[C@]1(C)O. The van der Waals surface area contributed by atoms with E-state index in [1.54, 1.807) is 46.4 Å². The molecule has 2 aromatic carbocycles. The van der Waals surface area contributed by atoms with Crippen molar-refractivity contribution in [2.24, 2.45) is 17.8 Å². The number of carbonyl (C=O) groups is 1. The number of nitrogens with one attached hydrogen (secondary N) is 1. The maximum atomic E-state index is 14.7. The number of likely N-dealkylation sites (N-methyl/N-ethyl adjacent to an activating group) is 1. The Hall–Kier alpha value is -3.05. The molecule has 17 nitrogen and oxygen atoms in total. The smallest absolute Gasteiger partial charge is 0.311 e. The molecule has 3 saturated heterocycles. The van der Waals surface area contributed by atoms with Gasteiger partial charge in [-0.05, 0) is 119 Å². The van der Waals surface area contributed by atoms with Crippen LogP contribution in [0, 0.1) is 17.8 Å². The Kier molecular flexibility index (Phi) is 19.3. The average molecular weight is 1060 g/mol. The maximum Gasteiger partial charge on any atom is 0.311 e. The highest BCUT2D eigenvalue weighted by Gasteiger charge is 2.53. The highest BCUT2D eigenvalue weighted by atomic mass is 32.2. The summed E-state index contributed by atoms with van der Waals surface area (Å²) in [6.45, 7) is 19.6. The molecule has 18 atom stereocenters. The third-order valence-corrected chi connectivity index (χ3v) is 17.4. The van der Waals surface area contributed by atoms with Crippen molar-refractivity contribution in [3.05, 3.63) is 54.4 Å². The molecule has 0 amide bonds. The number of nitrogens with zero attached hydrogens (tertiary/aromatic N) is 3. The lowest BCUT2D eigenvalue weighted by Crippen LogP contribution is -2.60. The summed E-state index contributed by atoms with van der Waals surface area (Å²) in [6.07, 6.45) is -8.19. The van der Waals surface area contributed by atoms with E-state index in [1.165, 1.54) is 14.0 Å². The summed E-state index contributed by atoms with van der Waals surface area (Å²) in [4.78, 5) is 25.9. The molecule has 0 unspecified atom stereocenters. The van der Waals surface area contributed by atoms with E-state index in [-0.39, 0.29) is 37.3 Å². The van der Waals surface area contributed by atoms with Gasteiger partial charge in [0, 0.05) is 59.0 Å². The maximum absolute atomic E-state index is 14.7. The van der Waals surface area contributed by atoms with Gasteiger partial charge in [-0.3, -0.25) is 9.69 Å². The zero-order valence-electron chi connectivity index (χ0n) is 45.9. The van der Waals surface area contributed by atoms with E-state index in [9.17, 15) is 30.3 Å². The van der Waals surface area contributed by atoms with Gasteiger partial charge in [-0.2, -0.15) is 0 Å². The number of esters is 1. The Labute approximate surface area is 443 Å². The van der Waals surface area contributed by atoms with Crippen molar-refractivity contribution in [2.75, 3.05) is 40.8 Å². The number of fused-ring (bicyclic) bond motifs is 5. The van der Waals surface area contributed by atoms with E-state index >= 15 is 0 Å². The van der Waals surface area contributed by atoms with Crippen LogP contribution in [0.15, 0.2) is 62.7 Å². The zero-order chi connectivity index (χ0) is 54.0. The Morgan fingerprint density at radius 2 is 1.57 bits per heavy atom. The number of aromatic nitrogens is 1. The van der Waals surface area contributed by atoms with Crippen molar-refractivity contribution in [3.63, 3.8) is 0 Å². The lowest BCUT2D eigenvalue weighted by molar-refractivity contribution is -0.318. The fourth-order valence-electron chi connectivity index (χ4n) is 11.9. The number of ether oxygens (including phenoxy) is 6. The largest absolute Gasteiger partial charge is 0.459 e. The molecule has 0 spiro atoms. The van der Waals surface area contributed by atoms with Crippen molar-refractivity contribution in [1.82, 2.24) is 20.1 Å². The van der Waals surface area contributed by atoms with E-state index in [4.69, 9.17) is 37.8 Å². The first-order valence-corrected chi connectivity index (χ1v) is 27.6. The molecule has 18 heteroatoms. The molecule has 0 saturated carbocycles. The fourth-order valence-corrected chi connectivity index (χ4v) is 13.0. The molecule has 0 bridgehead atoms. The minimum absolute atomic E-state index is 0.109. The van der Waals surface area contributed by atoms with E-state index < -0.39 is 96.0 Å². The molecule has 1 aromatic heterocycles. The summed E-state index contributed by atoms with van der Waals surface area (Å²) < 4.78 is 44.8. The van der Waals surface area contributed by atoms with Crippen LogP contribution in [0.5, 0.6) is 0 Å². The second-order valence-electron chi connectivity index (χ2n) is 22.6. The van der Waals surface area contributed by atoms with Crippen LogP contribution in [0.2, 0.25) is 0 Å². The summed E-state index contributed by atoms with van der Waals surface area (Å²) in [5.74, 6) is -1.49. The minimum atomic E-state index is -1.90. The molecule has 6 N–H and O–H groups in total. The van der Waals surface area contributed by atoms with Crippen LogP contribution in [-0.2, 0) is 39.8 Å². The number of benzene rings is 2. The van der Waals surface area contributed by atoms with Crippen LogP contribution in [-0.4, -0.2) is 177 Å². The minimum Gasteiger partial charge on any atom is -0.459 e. The average Bonchev–Trinajstić information content (AvgIpc) is 3.73. The number of rotatable bonds is 13. The highest BCUT2D eigenvalue weighted by molar-refractivity contribution is 7.99. The van der Waals surface area contributed by atoms with Gasteiger partial charge in [0.15, 0.2) is 18.3 Å². The summed E-state index contributed by atoms with van der Waals surface area (Å²) in [5, 5.41) is 64.0. The first kappa shape index (κ1) is 58.6. The summed E-state index contributed by atoms with van der Waals surface area (Å²) >= 11 is 1.70. The van der Waals surface area contributed by atoms with Crippen LogP contribution in [0.1, 0.15) is 107 Å². The van der Waals surface area contributed by atoms with E-state index in [0.29, 0.717) is 44.9 Å². The molecule has 3 fully saturated rings. The zero-order valence-corrected chi connectivity index (χ0v) is 46.7. The van der Waals surface area contributed by atoms with Crippen LogP contribution in [0.4, 0.5) is 0 Å². The number of aliphatic hydroxyl groups excluding tert-OH is 3. The van der Waals surface area contributed by atoms with Crippen molar-refractivity contribution >= 4 is 17.7 Å². The molecule has 7 rings (SSSR count). The number of oxazole rings is 1. The van der Waals surface area contributed by atoms with Gasteiger partial charge in [0.25, 0.3) is 0 Å². The summed E-state index contributed by atoms with van der Waals surface area (Å²) in [6, 6.07) is 15.5. The molecule has 5 heterocycles.